The van der Waals surface area contributed by atoms with Crippen LogP contribution in [0.25, 0.3) is 5.57 Å². The molecular weight excluding hydrogens is 498 g/mol. The Morgan fingerprint density at radius 1 is 1.24 bits per heavy atom. The van der Waals surface area contributed by atoms with Crippen molar-refractivity contribution in [3.63, 3.8) is 0 Å². The second-order valence-electron chi connectivity index (χ2n) is 10.6. The number of aliphatic carboxylic acids is 1. The predicted molar refractivity (Wildman–Crippen MR) is 142 cm³/mol. The predicted octanol–water partition coefficient (Wildman–Crippen LogP) is 6.06. The Labute approximate surface area is 222 Å². The van der Waals surface area contributed by atoms with Crippen molar-refractivity contribution >= 4 is 23.1 Å². The Morgan fingerprint density at radius 3 is 2.73 bits per heavy atom. The molecule has 0 unspecified atom stereocenters. The molecule has 2 aromatic rings. The molecule has 8 heteroatoms. The van der Waals surface area contributed by atoms with Gasteiger partial charge in [0.1, 0.15) is 18.2 Å². The average Bonchev–Trinajstić information content (AvgIpc) is 3.22. The van der Waals surface area contributed by atoms with Crippen LogP contribution >= 0.6 is 11.6 Å². The van der Waals surface area contributed by atoms with Crippen LogP contribution in [0.15, 0.2) is 42.0 Å². The van der Waals surface area contributed by atoms with Gasteiger partial charge in [-0.25, -0.2) is 4.39 Å². The minimum atomic E-state index is -1.04. The van der Waals surface area contributed by atoms with Crippen molar-refractivity contribution in [1.29, 1.82) is 0 Å². The zero-order valence-corrected chi connectivity index (χ0v) is 22.4. The van der Waals surface area contributed by atoms with Crippen LogP contribution in [0.5, 0.6) is 5.75 Å². The Hall–Kier alpha value is -2.48. The van der Waals surface area contributed by atoms with Gasteiger partial charge in [-0.1, -0.05) is 35.9 Å². The number of ether oxygens (including phenoxy) is 1. The maximum absolute atomic E-state index is 15.7. The third-order valence-electron chi connectivity index (χ3n) is 7.38. The van der Waals surface area contributed by atoms with E-state index in [-0.39, 0.29) is 24.3 Å². The van der Waals surface area contributed by atoms with E-state index in [0.717, 1.165) is 12.0 Å². The largest absolute Gasteiger partial charge is 0.491 e. The van der Waals surface area contributed by atoms with Crippen LogP contribution in [-0.4, -0.2) is 54.9 Å². The highest BCUT2D eigenvalue weighted by Gasteiger charge is 2.44. The number of halogens is 3. The van der Waals surface area contributed by atoms with Crippen molar-refractivity contribution in [2.45, 2.75) is 52.1 Å². The number of fused-ring (bicyclic) bond motifs is 2. The number of hydrogen-bond acceptors (Lipinski definition) is 4. The molecular formula is C29H35ClF2N2O3. The summed E-state index contributed by atoms with van der Waals surface area (Å²) in [4.78, 5) is 14.2. The van der Waals surface area contributed by atoms with E-state index < -0.39 is 23.2 Å². The molecule has 5 nitrogen and oxygen atoms in total. The molecule has 0 spiro atoms. The van der Waals surface area contributed by atoms with Crippen LogP contribution in [0.3, 0.4) is 0 Å². The zero-order valence-electron chi connectivity index (χ0n) is 21.6. The molecule has 1 aliphatic heterocycles. The van der Waals surface area contributed by atoms with Crippen molar-refractivity contribution in [2.75, 3.05) is 32.9 Å². The van der Waals surface area contributed by atoms with Crippen LogP contribution < -0.4 is 10.1 Å². The van der Waals surface area contributed by atoms with Gasteiger partial charge in [-0.2, -0.15) is 0 Å². The molecule has 0 saturated heterocycles. The van der Waals surface area contributed by atoms with E-state index in [0.29, 0.717) is 43.9 Å². The summed E-state index contributed by atoms with van der Waals surface area (Å²) in [6, 6.07) is 10.5. The highest BCUT2D eigenvalue weighted by atomic mass is 35.5. The van der Waals surface area contributed by atoms with E-state index in [1.54, 1.807) is 13.8 Å². The number of carbonyl (C=O) groups is 1. The van der Waals surface area contributed by atoms with Crippen LogP contribution in [0.4, 0.5) is 8.78 Å². The second kappa shape index (κ2) is 11.5. The van der Waals surface area contributed by atoms with Gasteiger partial charge in [-0.15, -0.1) is 0 Å². The Bertz CT molecular complexity index is 1180. The summed E-state index contributed by atoms with van der Waals surface area (Å²) in [5, 5.41) is 13.2. The monoisotopic (exact) mass is 532 g/mol. The molecule has 0 fully saturated rings. The zero-order chi connectivity index (χ0) is 26.7. The first-order chi connectivity index (χ1) is 17.7. The number of carboxylic acid groups (broad SMARTS) is 1. The van der Waals surface area contributed by atoms with E-state index in [1.807, 2.05) is 12.1 Å². The van der Waals surface area contributed by atoms with E-state index >= 15 is 4.39 Å². The lowest BCUT2D eigenvalue weighted by Gasteiger charge is -2.45. The molecule has 1 aliphatic carbocycles. The number of hydrogen-bond donors (Lipinski definition) is 2. The summed E-state index contributed by atoms with van der Waals surface area (Å²) < 4.78 is 33.9. The van der Waals surface area contributed by atoms with E-state index in [4.69, 9.17) is 16.3 Å². The summed E-state index contributed by atoms with van der Waals surface area (Å²) in [7, 11) is 0. The van der Waals surface area contributed by atoms with Gasteiger partial charge >= 0.3 is 5.97 Å². The molecule has 0 amide bonds. The lowest BCUT2D eigenvalue weighted by molar-refractivity contribution is -0.148. The molecule has 4 rings (SSSR count). The van der Waals surface area contributed by atoms with Crippen LogP contribution in [-0.2, 0) is 11.2 Å². The number of alkyl halides is 1. The average molecular weight is 533 g/mol. The van der Waals surface area contributed by atoms with Gasteiger partial charge < -0.3 is 15.2 Å². The number of rotatable bonds is 11. The number of nitrogens with zero attached hydrogens (tertiary/aromatic N) is 1. The van der Waals surface area contributed by atoms with Gasteiger partial charge in [0.25, 0.3) is 0 Å². The molecule has 0 aromatic heterocycles. The topological polar surface area (TPSA) is 61.8 Å². The maximum atomic E-state index is 15.7. The Kier molecular flexibility index (Phi) is 8.56. The SMILES string of the molecule is C[C@@H]1CC2=C(Cc3ccccc32)[C@@H](c2c(F)ccc(OCCNCCCF)c2Cl)N1CC(C)(C)C(=O)O. The fourth-order valence-corrected chi connectivity index (χ4v) is 5.71. The first kappa shape index (κ1) is 27.6. The summed E-state index contributed by atoms with van der Waals surface area (Å²) in [5.74, 6) is -0.978. The van der Waals surface area contributed by atoms with Gasteiger partial charge in [0, 0.05) is 24.7 Å². The molecule has 2 aliphatic rings. The number of carboxylic acids is 1. The van der Waals surface area contributed by atoms with Gasteiger partial charge in [0.2, 0.25) is 0 Å². The lowest BCUT2D eigenvalue weighted by atomic mass is 9.82. The first-order valence-electron chi connectivity index (χ1n) is 12.8. The van der Waals surface area contributed by atoms with Gasteiger partial charge in [0.05, 0.1) is 23.2 Å². The normalized spacial score (nSPS) is 19.6. The number of benzene rings is 2. The van der Waals surface area contributed by atoms with Crippen LogP contribution in [0, 0.1) is 11.2 Å². The minimum absolute atomic E-state index is 0.0340. The van der Waals surface area contributed by atoms with Crippen LogP contribution in [0.1, 0.15) is 56.3 Å². The molecule has 200 valence electrons. The quantitative estimate of drug-likeness (QED) is 0.344. The lowest BCUT2D eigenvalue weighted by Crippen LogP contribution is -2.48. The molecule has 2 N–H and O–H groups in total. The van der Waals surface area contributed by atoms with E-state index in [9.17, 15) is 14.3 Å². The second-order valence-corrected chi connectivity index (χ2v) is 10.9. The Balaban J connectivity index is 1.73. The molecule has 2 aromatic carbocycles. The fourth-order valence-electron chi connectivity index (χ4n) is 5.40. The first-order valence-corrected chi connectivity index (χ1v) is 13.2. The van der Waals surface area contributed by atoms with E-state index in [1.165, 1.54) is 28.8 Å². The van der Waals surface area contributed by atoms with Crippen molar-refractivity contribution in [3.8, 4) is 5.75 Å². The van der Waals surface area contributed by atoms with Crippen molar-refractivity contribution in [1.82, 2.24) is 10.2 Å². The fraction of sp³-hybridized carbons (Fsp3) is 0.483. The van der Waals surface area contributed by atoms with Crippen molar-refractivity contribution in [2.24, 2.45) is 5.41 Å². The molecule has 1 heterocycles. The molecule has 37 heavy (non-hydrogen) atoms. The van der Waals surface area contributed by atoms with Gasteiger partial charge in [0.15, 0.2) is 0 Å². The third-order valence-corrected chi connectivity index (χ3v) is 7.77. The maximum Gasteiger partial charge on any atom is 0.310 e. The smallest absolute Gasteiger partial charge is 0.310 e. The van der Waals surface area contributed by atoms with Gasteiger partial charge in [-0.3, -0.25) is 14.1 Å². The molecule has 0 radical (unpaired) electrons. The molecule has 0 saturated carbocycles. The summed E-state index contributed by atoms with van der Waals surface area (Å²) >= 11 is 6.86. The summed E-state index contributed by atoms with van der Waals surface area (Å²) in [6.07, 6.45) is 1.84. The highest BCUT2D eigenvalue weighted by Crippen LogP contribution is 2.52. The van der Waals surface area contributed by atoms with Crippen LogP contribution in [0.2, 0.25) is 5.02 Å². The van der Waals surface area contributed by atoms with Crippen molar-refractivity contribution in [3.05, 3.63) is 69.5 Å². The minimum Gasteiger partial charge on any atom is -0.491 e. The van der Waals surface area contributed by atoms with E-state index in [2.05, 4.69) is 29.3 Å². The van der Waals surface area contributed by atoms with Crippen molar-refractivity contribution < 1.29 is 23.4 Å². The third kappa shape index (κ3) is 5.69. The molecule has 0 bridgehead atoms. The summed E-state index contributed by atoms with van der Waals surface area (Å²) in [5.41, 5.74) is 3.89. The summed E-state index contributed by atoms with van der Waals surface area (Å²) in [6.45, 7) is 6.66. The van der Waals surface area contributed by atoms with Gasteiger partial charge in [-0.05, 0) is 81.0 Å². The Morgan fingerprint density at radius 2 is 2.00 bits per heavy atom. The number of nitrogens with one attached hydrogen (secondary N) is 1. The highest BCUT2D eigenvalue weighted by molar-refractivity contribution is 6.33. The standard InChI is InChI=1S/C29H35ClF2N2O3/c1-18-15-21-20-8-5-4-7-19(20)16-22(21)27(34(18)17-29(2,3)28(35)36)25-23(32)9-10-24(26(25)30)37-14-13-33-12-6-11-31/h4-5,7-10,18,27,33H,6,11-17H2,1-3H3,(H,35,36)/t18-,27+/m1/s1. The molecule has 2 atom stereocenters.